The second kappa shape index (κ2) is 5.84. The molecule has 0 unspecified atom stereocenters. The van der Waals surface area contributed by atoms with Gasteiger partial charge in [0.1, 0.15) is 0 Å². The molecule has 1 aromatic carbocycles. The zero-order valence-electron chi connectivity index (χ0n) is 11.1. The molecule has 1 heterocycles. The molecule has 1 aliphatic rings. The van der Waals surface area contributed by atoms with E-state index in [0.717, 1.165) is 23.2 Å². The van der Waals surface area contributed by atoms with Crippen molar-refractivity contribution >= 4 is 17.5 Å². The van der Waals surface area contributed by atoms with Crippen LogP contribution < -0.4 is 11.1 Å². The Balaban J connectivity index is 2.06. The van der Waals surface area contributed by atoms with Crippen molar-refractivity contribution in [2.75, 3.05) is 18.9 Å². The highest BCUT2D eigenvalue weighted by Crippen LogP contribution is 2.24. The van der Waals surface area contributed by atoms with Crippen molar-refractivity contribution < 1.29 is 9.59 Å². The molecule has 5 heteroatoms. The Morgan fingerprint density at radius 2 is 2.21 bits per heavy atom. The van der Waals surface area contributed by atoms with Gasteiger partial charge in [-0.05, 0) is 23.6 Å². The minimum atomic E-state index is 0.0496. The molecule has 0 aliphatic carbocycles. The first-order chi connectivity index (χ1) is 9.10. The van der Waals surface area contributed by atoms with Crippen LogP contribution in [0, 0.1) is 0 Å². The largest absolute Gasteiger partial charge is 0.341 e. The van der Waals surface area contributed by atoms with Gasteiger partial charge in [-0.15, -0.1) is 0 Å². The van der Waals surface area contributed by atoms with Crippen molar-refractivity contribution in [1.82, 2.24) is 4.90 Å². The van der Waals surface area contributed by atoms with Crippen molar-refractivity contribution in [3.05, 3.63) is 29.3 Å². The fourth-order valence-electron chi connectivity index (χ4n) is 2.21. The van der Waals surface area contributed by atoms with E-state index >= 15 is 0 Å². The lowest BCUT2D eigenvalue weighted by Gasteiger charge is -2.20. The van der Waals surface area contributed by atoms with Crippen LogP contribution in [0.25, 0.3) is 0 Å². The lowest BCUT2D eigenvalue weighted by atomic mass is 10.0. The number of rotatable bonds is 4. The lowest BCUT2D eigenvalue weighted by molar-refractivity contribution is -0.130. The Hall–Kier alpha value is -1.88. The zero-order chi connectivity index (χ0) is 13.8. The Labute approximate surface area is 112 Å². The van der Waals surface area contributed by atoms with Crippen LogP contribution in [-0.2, 0) is 22.6 Å². The summed E-state index contributed by atoms with van der Waals surface area (Å²) in [5, 5.41) is 2.85. The molecule has 0 fully saturated rings. The van der Waals surface area contributed by atoms with Crippen LogP contribution in [0.2, 0.25) is 0 Å². The monoisotopic (exact) mass is 261 g/mol. The summed E-state index contributed by atoms with van der Waals surface area (Å²) in [5.41, 5.74) is 8.47. The van der Waals surface area contributed by atoms with E-state index in [1.54, 1.807) is 11.9 Å². The summed E-state index contributed by atoms with van der Waals surface area (Å²) in [7, 11) is 1.78. The first kappa shape index (κ1) is 13.5. The molecule has 102 valence electrons. The molecule has 0 saturated carbocycles. The molecule has 19 heavy (non-hydrogen) atoms. The van der Waals surface area contributed by atoms with Crippen molar-refractivity contribution in [2.45, 2.75) is 25.8 Å². The predicted molar refractivity (Wildman–Crippen MR) is 73.5 cm³/mol. The number of carbonyl (C=O) groups excluding carboxylic acids is 2. The van der Waals surface area contributed by atoms with Gasteiger partial charge in [0.2, 0.25) is 11.8 Å². The van der Waals surface area contributed by atoms with Crippen LogP contribution >= 0.6 is 0 Å². The Kier molecular flexibility index (Phi) is 4.16. The van der Waals surface area contributed by atoms with Gasteiger partial charge in [0.05, 0.1) is 0 Å². The highest BCUT2D eigenvalue weighted by molar-refractivity contribution is 5.93. The maximum atomic E-state index is 11.7. The Morgan fingerprint density at radius 1 is 1.42 bits per heavy atom. The molecule has 0 aromatic heterocycles. The van der Waals surface area contributed by atoms with Gasteiger partial charge in [-0.1, -0.05) is 12.1 Å². The molecule has 2 amide bonds. The average molecular weight is 261 g/mol. The maximum Gasteiger partial charge on any atom is 0.224 e. The van der Waals surface area contributed by atoms with Crippen LogP contribution in [-0.4, -0.2) is 30.3 Å². The zero-order valence-corrected chi connectivity index (χ0v) is 11.1. The molecule has 0 saturated heterocycles. The van der Waals surface area contributed by atoms with Crippen LogP contribution in [0.15, 0.2) is 18.2 Å². The van der Waals surface area contributed by atoms with Gasteiger partial charge in [-0.25, -0.2) is 0 Å². The molecule has 0 radical (unpaired) electrons. The third kappa shape index (κ3) is 3.32. The van der Waals surface area contributed by atoms with Crippen molar-refractivity contribution in [3.63, 3.8) is 0 Å². The van der Waals surface area contributed by atoms with Gasteiger partial charge in [0.15, 0.2) is 0 Å². The second-order valence-electron chi connectivity index (χ2n) is 4.83. The van der Waals surface area contributed by atoms with E-state index in [1.165, 1.54) is 0 Å². The van der Waals surface area contributed by atoms with Gasteiger partial charge < -0.3 is 16.0 Å². The molecular formula is C14H19N3O2. The normalized spacial score (nSPS) is 13.7. The summed E-state index contributed by atoms with van der Waals surface area (Å²) < 4.78 is 0. The van der Waals surface area contributed by atoms with Crippen LogP contribution in [0.5, 0.6) is 0 Å². The highest BCUT2D eigenvalue weighted by Gasteiger charge is 2.15. The van der Waals surface area contributed by atoms with Gasteiger partial charge in [-0.3, -0.25) is 9.59 Å². The molecule has 5 nitrogen and oxygen atoms in total. The van der Waals surface area contributed by atoms with Crippen LogP contribution in [0.1, 0.15) is 24.0 Å². The summed E-state index contributed by atoms with van der Waals surface area (Å²) in [5.74, 6) is 0.115. The smallest absolute Gasteiger partial charge is 0.224 e. The van der Waals surface area contributed by atoms with Crippen molar-refractivity contribution in [2.24, 2.45) is 5.73 Å². The number of nitrogens with one attached hydrogen (secondary N) is 1. The predicted octanol–water partition coefficient (Wildman–Crippen LogP) is 0.879. The van der Waals surface area contributed by atoms with Gasteiger partial charge >= 0.3 is 0 Å². The van der Waals surface area contributed by atoms with Crippen molar-refractivity contribution in [3.8, 4) is 0 Å². The number of nitrogens with two attached hydrogens (primary N) is 1. The number of benzene rings is 1. The summed E-state index contributed by atoms with van der Waals surface area (Å²) in [6.45, 7) is 0.944. The summed E-state index contributed by atoms with van der Waals surface area (Å²) in [4.78, 5) is 24.6. The van der Waals surface area contributed by atoms with E-state index < -0.39 is 0 Å². The van der Waals surface area contributed by atoms with Gasteiger partial charge in [0.25, 0.3) is 0 Å². The number of hydrogen-bond donors (Lipinski definition) is 2. The summed E-state index contributed by atoms with van der Waals surface area (Å²) >= 11 is 0. The highest BCUT2D eigenvalue weighted by atomic mass is 16.2. The number of aryl methyl sites for hydroxylation is 1. The Bertz CT molecular complexity index is 499. The van der Waals surface area contributed by atoms with Crippen molar-refractivity contribution in [1.29, 1.82) is 0 Å². The average Bonchev–Trinajstić information content (AvgIpc) is 2.39. The molecule has 0 spiro atoms. The molecule has 1 aliphatic heterocycles. The SMILES string of the molecule is CN(Cc1ccc2c(c1)CCC(=O)N2)C(=O)CCN. The van der Waals surface area contributed by atoms with E-state index in [4.69, 9.17) is 5.73 Å². The maximum absolute atomic E-state index is 11.7. The first-order valence-corrected chi connectivity index (χ1v) is 6.46. The van der Waals surface area contributed by atoms with E-state index in [2.05, 4.69) is 11.4 Å². The minimum absolute atomic E-state index is 0.0496. The number of hydrogen-bond acceptors (Lipinski definition) is 3. The van der Waals surface area contributed by atoms with Crippen LogP contribution in [0.4, 0.5) is 5.69 Å². The van der Waals surface area contributed by atoms with E-state index in [9.17, 15) is 9.59 Å². The Morgan fingerprint density at radius 3 is 2.95 bits per heavy atom. The topological polar surface area (TPSA) is 75.4 Å². The number of fused-ring (bicyclic) bond motifs is 1. The quantitative estimate of drug-likeness (QED) is 0.844. The number of carbonyl (C=O) groups is 2. The molecule has 3 N–H and O–H groups in total. The van der Waals surface area contributed by atoms with Gasteiger partial charge in [0, 0.05) is 38.7 Å². The van der Waals surface area contributed by atoms with E-state index in [0.29, 0.717) is 25.9 Å². The fourth-order valence-corrected chi connectivity index (χ4v) is 2.21. The minimum Gasteiger partial charge on any atom is -0.341 e. The lowest BCUT2D eigenvalue weighted by Crippen LogP contribution is -2.28. The molecule has 1 aromatic rings. The molecule has 0 atom stereocenters. The molecular weight excluding hydrogens is 242 g/mol. The standard InChI is InChI=1S/C14H19N3O2/c1-17(14(19)6-7-15)9-10-2-4-12-11(8-10)3-5-13(18)16-12/h2,4,8H,3,5-7,9,15H2,1H3,(H,16,18). The summed E-state index contributed by atoms with van der Waals surface area (Å²) in [6.07, 6.45) is 1.66. The second-order valence-corrected chi connectivity index (χ2v) is 4.83. The van der Waals surface area contributed by atoms with E-state index in [-0.39, 0.29) is 11.8 Å². The van der Waals surface area contributed by atoms with Gasteiger partial charge in [-0.2, -0.15) is 0 Å². The summed E-state index contributed by atoms with van der Waals surface area (Å²) in [6, 6.07) is 5.90. The molecule has 0 bridgehead atoms. The molecule has 2 rings (SSSR count). The third-order valence-electron chi connectivity index (χ3n) is 3.27. The fraction of sp³-hybridized carbons (Fsp3) is 0.429. The first-order valence-electron chi connectivity index (χ1n) is 6.46. The van der Waals surface area contributed by atoms with Crippen LogP contribution in [0.3, 0.4) is 0 Å². The third-order valence-corrected chi connectivity index (χ3v) is 3.27. The number of nitrogens with zero attached hydrogens (tertiary/aromatic N) is 1. The van der Waals surface area contributed by atoms with E-state index in [1.807, 2.05) is 12.1 Å². The number of amides is 2. The number of anilines is 1.